The van der Waals surface area contributed by atoms with E-state index in [1.165, 1.54) is 12.1 Å². The number of fused-ring (bicyclic) bond motifs is 1. The van der Waals surface area contributed by atoms with Gasteiger partial charge in [0.15, 0.2) is 0 Å². The summed E-state index contributed by atoms with van der Waals surface area (Å²) in [6.07, 6.45) is 0.539. The SMILES string of the molecule is CC[C@@H](O)CN1CCC(=O)Nc2cc(F)ccc21. The maximum atomic E-state index is 13.2. The second-order valence-corrected chi connectivity index (χ2v) is 4.47. The number of hydrogen-bond donors (Lipinski definition) is 2. The topological polar surface area (TPSA) is 52.6 Å². The highest BCUT2D eigenvalue weighted by Gasteiger charge is 2.21. The first-order chi connectivity index (χ1) is 8.60. The molecule has 1 amide bonds. The van der Waals surface area contributed by atoms with E-state index in [0.717, 1.165) is 5.69 Å². The fourth-order valence-corrected chi connectivity index (χ4v) is 2.03. The number of hydrogen-bond acceptors (Lipinski definition) is 3. The standard InChI is InChI=1S/C13H17FN2O2/c1-2-10(17)8-16-6-5-13(18)15-11-7-9(14)3-4-12(11)16/h3-4,7,10,17H,2,5-6,8H2,1H3,(H,15,18)/t10-/m1/s1. The summed E-state index contributed by atoms with van der Waals surface area (Å²) in [5, 5.41) is 12.4. The molecule has 98 valence electrons. The van der Waals surface area contributed by atoms with Crippen LogP contribution in [-0.4, -0.2) is 30.2 Å². The van der Waals surface area contributed by atoms with Crippen molar-refractivity contribution >= 4 is 17.3 Å². The first-order valence-corrected chi connectivity index (χ1v) is 6.12. The highest BCUT2D eigenvalue weighted by molar-refractivity contribution is 5.96. The third kappa shape index (κ3) is 2.79. The van der Waals surface area contributed by atoms with Gasteiger partial charge >= 0.3 is 0 Å². The molecule has 1 heterocycles. The van der Waals surface area contributed by atoms with Gasteiger partial charge in [-0.05, 0) is 24.6 Å². The Hall–Kier alpha value is -1.62. The highest BCUT2D eigenvalue weighted by Crippen LogP contribution is 2.29. The number of halogens is 1. The predicted octanol–water partition coefficient (Wildman–Crippen LogP) is 1.75. The van der Waals surface area contributed by atoms with Crippen molar-refractivity contribution < 1.29 is 14.3 Å². The number of rotatable bonds is 3. The molecule has 2 rings (SSSR count). The van der Waals surface area contributed by atoms with E-state index in [4.69, 9.17) is 0 Å². The number of carbonyl (C=O) groups is 1. The zero-order chi connectivity index (χ0) is 13.1. The van der Waals surface area contributed by atoms with Crippen molar-refractivity contribution in [2.45, 2.75) is 25.9 Å². The Bertz CT molecular complexity index is 451. The fraction of sp³-hybridized carbons (Fsp3) is 0.462. The second-order valence-electron chi connectivity index (χ2n) is 4.47. The molecule has 0 bridgehead atoms. The summed E-state index contributed by atoms with van der Waals surface area (Å²) in [4.78, 5) is 13.5. The summed E-state index contributed by atoms with van der Waals surface area (Å²) in [6, 6.07) is 4.31. The number of β-amino-alcohol motifs (C(OH)–C–C–N with tert-alkyl or cyclic N) is 1. The summed E-state index contributed by atoms with van der Waals surface area (Å²) in [5.74, 6) is -0.512. The van der Waals surface area contributed by atoms with E-state index in [1.807, 2.05) is 11.8 Å². The van der Waals surface area contributed by atoms with Crippen LogP contribution in [0, 0.1) is 5.82 Å². The van der Waals surface area contributed by atoms with E-state index in [1.54, 1.807) is 6.07 Å². The smallest absolute Gasteiger partial charge is 0.226 e. The number of benzene rings is 1. The van der Waals surface area contributed by atoms with Gasteiger partial charge in [0.2, 0.25) is 5.91 Å². The van der Waals surface area contributed by atoms with Crippen LogP contribution >= 0.6 is 0 Å². The van der Waals surface area contributed by atoms with Gasteiger partial charge in [-0.15, -0.1) is 0 Å². The van der Waals surface area contributed by atoms with Crippen LogP contribution in [0.3, 0.4) is 0 Å². The monoisotopic (exact) mass is 252 g/mol. The molecule has 0 fully saturated rings. The highest BCUT2D eigenvalue weighted by atomic mass is 19.1. The second kappa shape index (κ2) is 5.35. The minimum Gasteiger partial charge on any atom is -0.391 e. The van der Waals surface area contributed by atoms with Gasteiger partial charge in [-0.2, -0.15) is 0 Å². The summed E-state index contributed by atoms with van der Waals surface area (Å²) >= 11 is 0. The minimum atomic E-state index is -0.448. The Labute approximate surface area is 105 Å². The lowest BCUT2D eigenvalue weighted by Gasteiger charge is -2.26. The molecule has 0 saturated heterocycles. The maximum absolute atomic E-state index is 13.2. The molecule has 1 aromatic carbocycles. The normalized spacial score (nSPS) is 16.8. The van der Waals surface area contributed by atoms with E-state index >= 15 is 0 Å². The summed E-state index contributed by atoms with van der Waals surface area (Å²) in [5.41, 5.74) is 1.23. The van der Waals surface area contributed by atoms with Crippen molar-refractivity contribution in [3.05, 3.63) is 24.0 Å². The van der Waals surface area contributed by atoms with Gasteiger partial charge in [0.1, 0.15) is 5.82 Å². The zero-order valence-corrected chi connectivity index (χ0v) is 10.3. The molecule has 0 unspecified atom stereocenters. The van der Waals surface area contributed by atoms with Crippen molar-refractivity contribution in [2.24, 2.45) is 0 Å². The number of nitrogens with zero attached hydrogens (tertiary/aromatic N) is 1. The van der Waals surface area contributed by atoms with Crippen molar-refractivity contribution in [3.63, 3.8) is 0 Å². The fourth-order valence-electron chi connectivity index (χ4n) is 2.03. The number of carbonyl (C=O) groups excluding carboxylic acids is 1. The van der Waals surface area contributed by atoms with Crippen LogP contribution in [0.15, 0.2) is 18.2 Å². The maximum Gasteiger partial charge on any atom is 0.226 e. The number of anilines is 2. The van der Waals surface area contributed by atoms with Crippen LogP contribution in [0.5, 0.6) is 0 Å². The molecule has 0 aliphatic carbocycles. The number of aliphatic hydroxyl groups is 1. The van der Waals surface area contributed by atoms with E-state index < -0.39 is 6.10 Å². The summed E-state index contributed by atoms with van der Waals surface area (Å²) in [7, 11) is 0. The third-order valence-corrected chi connectivity index (χ3v) is 3.08. The largest absolute Gasteiger partial charge is 0.391 e. The van der Waals surface area contributed by atoms with Gasteiger partial charge in [0.25, 0.3) is 0 Å². The molecule has 1 aliphatic heterocycles. The lowest BCUT2D eigenvalue weighted by Crippen LogP contribution is -2.33. The Kier molecular flexibility index (Phi) is 3.81. The molecule has 5 heteroatoms. The quantitative estimate of drug-likeness (QED) is 0.861. The molecule has 4 nitrogen and oxygen atoms in total. The van der Waals surface area contributed by atoms with Gasteiger partial charge < -0.3 is 15.3 Å². The van der Waals surface area contributed by atoms with E-state index in [9.17, 15) is 14.3 Å². The van der Waals surface area contributed by atoms with Crippen molar-refractivity contribution in [2.75, 3.05) is 23.3 Å². The lowest BCUT2D eigenvalue weighted by molar-refractivity contribution is -0.116. The molecule has 0 spiro atoms. The van der Waals surface area contributed by atoms with Crippen LogP contribution in [0.4, 0.5) is 15.8 Å². The number of amides is 1. The van der Waals surface area contributed by atoms with E-state index in [2.05, 4.69) is 5.32 Å². The Morgan fingerprint density at radius 3 is 3.06 bits per heavy atom. The molecular weight excluding hydrogens is 235 g/mol. The molecule has 18 heavy (non-hydrogen) atoms. The Morgan fingerprint density at radius 2 is 2.33 bits per heavy atom. The zero-order valence-electron chi connectivity index (χ0n) is 10.3. The van der Waals surface area contributed by atoms with Crippen LogP contribution in [0.25, 0.3) is 0 Å². The summed E-state index contributed by atoms with van der Waals surface area (Å²) in [6.45, 7) is 2.88. The van der Waals surface area contributed by atoms with Gasteiger partial charge in [-0.25, -0.2) is 4.39 Å². The molecule has 2 N–H and O–H groups in total. The minimum absolute atomic E-state index is 0.129. The molecule has 1 aromatic rings. The molecular formula is C13H17FN2O2. The number of nitrogens with one attached hydrogen (secondary N) is 1. The van der Waals surface area contributed by atoms with E-state index in [-0.39, 0.29) is 11.7 Å². The van der Waals surface area contributed by atoms with Gasteiger partial charge in [0, 0.05) is 19.5 Å². The number of aliphatic hydroxyl groups excluding tert-OH is 1. The average Bonchev–Trinajstić information content (AvgIpc) is 2.48. The molecule has 0 aromatic heterocycles. The molecule has 0 radical (unpaired) electrons. The van der Waals surface area contributed by atoms with Gasteiger partial charge in [-0.1, -0.05) is 6.92 Å². The van der Waals surface area contributed by atoms with Gasteiger partial charge in [-0.3, -0.25) is 4.79 Å². The first-order valence-electron chi connectivity index (χ1n) is 6.12. The van der Waals surface area contributed by atoms with Crippen molar-refractivity contribution in [1.29, 1.82) is 0 Å². The van der Waals surface area contributed by atoms with E-state index in [0.29, 0.717) is 31.6 Å². The van der Waals surface area contributed by atoms with Crippen molar-refractivity contribution in [3.8, 4) is 0 Å². The molecule has 1 atom stereocenters. The third-order valence-electron chi connectivity index (χ3n) is 3.08. The predicted molar refractivity (Wildman–Crippen MR) is 68.2 cm³/mol. The lowest BCUT2D eigenvalue weighted by atomic mass is 10.2. The Balaban J connectivity index is 2.30. The van der Waals surface area contributed by atoms with Crippen LogP contribution < -0.4 is 10.2 Å². The summed E-state index contributed by atoms with van der Waals surface area (Å²) < 4.78 is 13.2. The molecule has 0 saturated carbocycles. The van der Waals surface area contributed by atoms with Crippen LogP contribution in [0.1, 0.15) is 19.8 Å². The average molecular weight is 252 g/mol. The van der Waals surface area contributed by atoms with Crippen LogP contribution in [0.2, 0.25) is 0 Å². The Morgan fingerprint density at radius 1 is 1.56 bits per heavy atom. The van der Waals surface area contributed by atoms with Crippen LogP contribution in [-0.2, 0) is 4.79 Å². The van der Waals surface area contributed by atoms with Gasteiger partial charge in [0.05, 0.1) is 17.5 Å². The molecule has 1 aliphatic rings. The van der Waals surface area contributed by atoms with Crippen molar-refractivity contribution in [1.82, 2.24) is 0 Å². The first kappa shape index (κ1) is 12.8.